The summed E-state index contributed by atoms with van der Waals surface area (Å²) in [6, 6.07) is 22.5. The van der Waals surface area contributed by atoms with Crippen molar-refractivity contribution in [3.63, 3.8) is 0 Å². The molecule has 0 radical (unpaired) electrons. The van der Waals surface area contributed by atoms with Crippen LogP contribution in [0.25, 0.3) is 22.8 Å². The molecule has 4 aromatic rings. The molecule has 0 amide bonds. The third kappa shape index (κ3) is 4.72. The zero-order valence-electron chi connectivity index (χ0n) is 16.3. The number of benzene rings is 3. The lowest BCUT2D eigenvalue weighted by molar-refractivity contribution is -0.142. The van der Waals surface area contributed by atoms with Gasteiger partial charge in [0.05, 0.1) is 0 Å². The van der Waals surface area contributed by atoms with Crippen LogP contribution in [-0.2, 0) is 16.0 Å². The fourth-order valence-electron chi connectivity index (χ4n) is 3.06. The average molecular weight is 399 g/mol. The Balaban J connectivity index is 1.35. The van der Waals surface area contributed by atoms with Gasteiger partial charge in [-0.2, -0.15) is 0 Å². The highest BCUT2D eigenvalue weighted by Crippen LogP contribution is 2.23. The Kier molecular flexibility index (Phi) is 5.85. The van der Waals surface area contributed by atoms with E-state index in [4.69, 9.17) is 4.74 Å². The molecule has 30 heavy (non-hydrogen) atoms. The molecule has 0 fully saturated rings. The molecule has 3 aromatic carbocycles. The van der Waals surface area contributed by atoms with E-state index in [0.29, 0.717) is 12.1 Å². The first-order valence-corrected chi connectivity index (χ1v) is 9.70. The summed E-state index contributed by atoms with van der Waals surface area (Å²) in [6.45, 7) is 0.234. The number of carbonyl (C=O) groups excluding carboxylic acids is 1. The minimum atomic E-state index is -0.273. The molecular formula is C24H21N3O3. The number of phenolic OH excluding ortho intramolecular Hbond substituents is 1. The lowest BCUT2D eigenvalue weighted by Gasteiger charge is -2.07. The van der Waals surface area contributed by atoms with E-state index in [1.807, 2.05) is 66.7 Å². The van der Waals surface area contributed by atoms with Crippen molar-refractivity contribution in [2.24, 2.45) is 0 Å². The van der Waals surface area contributed by atoms with Crippen LogP contribution in [0.5, 0.6) is 5.75 Å². The predicted molar refractivity (Wildman–Crippen MR) is 115 cm³/mol. The standard InChI is InChI=1S/C24H21N3O3/c28-23-14-12-19(17-22(23)27-25-20-10-4-5-11-21(20)26-27)13-15-24(29)30-16-6-9-18-7-2-1-3-8-18/h1-12,14,17,28H,13,15-16H2/b9-6+. The minimum Gasteiger partial charge on any atom is -0.506 e. The smallest absolute Gasteiger partial charge is 0.306 e. The fraction of sp³-hybridized carbons (Fsp3) is 0.125. The Bertz CT molecular complexity index is 1150. The Labute approximate surface area is 174 Å². The molecule has 6 nitrogen and oxygen atoms in total. The summed E-state index contributed by atoms with van der Waals surface area (Å²) in [7, 11) is 0. The molecule has 0 saturated heterocycles. The van der Waals surface area contributed by atoms with Gasteiger partial charge in [0, 0.05) is 6.42 Å². The Morgan fingerprint density at radius 3 is 2.40 bits per heavy atom. The molecule has 0 saturated carbocycles. The van der Waals surface area contributed by atoms with Crippen molar-refractivity contribution in [1.29, 1.82) is 0 Å². The highest BCUT2D eigenvalue weighted by molar-refractivity contribution is 5.73. The summed E-state index contributed by atoms with van der Waals surface area (Å²) >= 11 is 0. The van der Waals surface area contributed by atoms with E-state index in [2.05, 4.69) is 10.2 Å². The van der Waals surface area contributed by atoms with Crippen molar-refractivity contribution in [2.45, 2.75) is 12.8 Å². The molecule has 150 valence electrons. The van der Waals surface area contributed by atoms with Gasteiger partial charge in [-0.15, -0.1) is 15.0 Å². The lowest BCUT2D eigenvalue weighted by Crippen LogP contribution is -2.06. The van der Waals surface area contributed by atoms with Gasteiger partial charge in [-0.1, -0.05) is 54.6 Å². The first kappa shape index (κ1) is 19.4. The number of phenols is 1. The maximum atomic E-state index is 12.0. The molecule has 0 aliphatic carbocycles. The summed E-state index contributed by atoms with van der Waals surface area (Å²) < 4.78 is 5.26. The van der Waals surface area contributed by atoms with Gasteiger partial charge in [0.15, 0.2) is 0 Å². The maximum Gasteiger partial charge on any atom is 0.306 e. The molecule has 0 unspecified atom stereocenters. The number of aromatic hydroxyl groups is 1. The summed E-state index contributed by atoms with van der Waals surface area (Å²) in [5.74, 6) is -0.196. The van der Waals surface area contributed by atoms with Crippen molar-refractivity contribution < 1.29 is 14.6 Å². The van der Waals surface area contributed by atoms with E-state index >= 15 is 0 Å². The highest BCUT2D eigenvalue weighted by atomic mass is 16.5. The molecule has 0 atom stereocenters. The van der Waals surface area contributed by atoms with E-state index in [1.165, 1.54) is 4.80 Å². The number of rotatable bonds is 7. The fourth-order valence-corrected chi connectivity index (χ4v) is 3.06. The van der Waals surface area contributed by atoms with E-state index < -0.39 is 0 Å². The van der Waals surface area contributed by atoms with Gasteiger partial charge in [0.2, 0.25) is 0 Å². The minimum absolute atomic E-state index is 0.0766. The molecule has 1 aromatic heterocycles. The van der Waals surface area contributed by atoms with Crippen LogP contribution < -0.4 is 0 Å². The van der Waals surface area contributed by atoms with E-state index in [9.17, 15) is 9.90 Å². The Morgan fingerprint density at radius 1 is 0.967 bits per heavy atom. The van der Waals surface area contributed by atoms with Crippen LogP contribution in [0.3, 0.4) is 0 Å². The summed E-state index contributed by atoms with van der Waals surface area (Å²) in [5, 5.41) is 19.0. The van der Waals surface area contributed by atoms with Crippen LogP contribution in [0.1, 0.15) is 17.5 Å². The second kappa shape index (κ2) is 9.05. The van der Waals surface area contributed by atoms with Gasteiger partial charge < -0.3 is 9.84 Å². The average Bonchev–Trinajstić information content (AvgIpc) is 3.21. The highest BCUT2D eigenvalue weighted by Gasteiger charge is 2.11. The predicted octanol–water partition coefficient (Wildman–Crippen LogP) is 4.32. The molecule has 4 rings (SSSR count). The third-order valence-electron chi connectivity index (χ3n) is 4.61. The van der Waals surface area contributed by atoms with Crippen molar-refractivity contribution in [1.82, 2.24) is 15.0 Å². The molecule has 1 N–H and O–H groups in total. The lowest BCUT2D eigenvalue weighted by atomic mass is 10.1. The Morgan fingerprint density at radius 2 is 1.67 bits per heavy atom. The van der Waals surface area contributed by atoms with Gasteiger partial charge in [0.25, 0.3) is 0 Å². The molecule has 6 heteroatoms. The number of carbonyl (C=O) groups is 1. The quantitative estimate of drug-likeness (QED) is 0.469. The largest absolute Gasteiger partial charge is 0.506 e. The first-order chi connectivity index (χ1) is 14.7. The zero-order chi connectivity index (χ0) is 20.8. The second-order valence-electron chi connectivity index (χ2n) is 6.80. The number of hydrogen-bond donors (Lipinski definition) is 1. The SMILES string of the molecule is O=C(CCc1ccc(O)c(-n2nc3ccccc3n2)c1)OC/C=C/c1ccccc1. The summed E-state index contributed by atoms with van der Waals surface area (Å²) in [5.41, 5.74) is 3.91. The van der Waals surface area contributed by atoms with Crippen LogP contribution in [0, 0.1) is 0 Å². The normalized spacial score (nSPS) is 11.2. The second-order valence-corrected chi connectivity index (χ2v) is 6.80. The topological polar surface area (TPSA) is 77.2 Å². The van der Waals surface area contributed by atoms with Crippen molar-refractivity contribution in [2.75, 3.05) is 6.61 Å². The number of ether oxygens (including phenoxy) is 1. The van der Waals surface area contributed by atoms with Gasteiger partial charge in [-0.05, 0) is 47.9 Å². The number of esters is 1. The van der Waals surface area contributed by atoms with Crippen LogP contribution in [-0.4, -0.2) is 32.7 Å². The van der Waals surface area contributed by atoms with E-state index in [-0.39, 0.29) is 24.7 Å². The van der Waals surface area contributed by atoms with Crippen LogP contribution in [0.4, 0.5) is 0 Å². The number of aromatic nitrogens is 3. The number of aryl methyl sites for hydroxylation is 1. The number of hydrogen-bond acceptors (Lipinski definition) is 5. The van der Waals surface area contributed by atoms with Crippen LogP contribution in [0.2, 0.25) is 0 Å². The Hall–Kier alpha value is -3.93. The number of fused-ring (bicyclic) bond motifs is 1. The molecule has 1 heterocycles. The maximum absolute atomic E-state index is 12.0. The van der Waals surface area contributed by atoms with Crippen LogP contribution in [0.15, 0.2) is 78.9 Å². The van der Waals surface area contributed by atoms with Gasteiger partial charge >= 0.3 is 5.97 Å². The third-order valence-corrected chi connectivity index (χ3v) is 4.61. The molecule has 0 aliphatic heterocycles. The monoisotopic (exact) mass is 399 g/mol. The van der Waals surface area contributed by atoms with Crippen LogP contribution >= 0.6 is 0 Å². The molecule has 0 aliphatic rings. The number of nitrogens with zero attached hydrogens (tertiary/aromatic N) is 3. The van der Waals surface area contributed by atoms with Crippen molar-refractivity contribution in [3.05, 3.63) is 90.0 Å². The summed E-state index contributed by atoms with van der Waals surface area (Å²) in [6.07, 6.45) is 4.48. The van der Waals surface area contributed by atoms with Gasteiger partial charge in [-0.3, -0.25) is 4.79 Å². The van der Waals surface area contributed by atoms with Gasteiger partial charge in [-0.25, -0.2) is 0 Å². The van der Waals surface area contributed by atoms with E-state index in [1.54, 1.807) is 18.2 Å². The summed E-state index contributed by atoms with van der Waals surface area (Å²) in [4.78, 5) is 13.4. The van der Waals surface area contributed by atoms with Crippen molar-refractivity contribution >= 4 is 23.1 Å². The van der Waals surface area contributed by atoms with E-state index in [0.717, 1.165) is 22.2 Å². The zero-order valence-corrected chi connectivity index (χ0v) is 16.3. The van der Waals surface area contributed by atoms with Gasteiger partial charge in [0.1, 0.15) is 29.1 Å². The molecule has 0 spiro atoms. The van der Waals surface area contributed by atoms with Crippen molar-refractivity contribution in [3.8, 4) is 11.4 Å². The molecule has 0 bridgehead atoms. The first-order valence-electron chi connectivity index (χ1n) is 9.70. The molecular weight excluding hydrogens is 378 g/mol.